The van der Waals surface area contributed by atoms with Gasteiger partial charge in [-0.2, -0.15) is 0 Å². The molecule has 9 aromatic carbocycles. The number of fused-ring (bicyclic) bond motifs is 3. The molecule has 0 unspecified atom stereocenters. The molecular formula is C57H44N2. The molecule has 0 bridgehead atoms. The fourth-order valence-corrected chi connectivity index (χ4v) is 7.82. The summed E-state index contributed by atoms with van der Waals surface area (Å²) in [4.78, 5) is 2.31. The maximum absolute atomic E-state index is 3.82. The molecule has 1 aromatic heterocycles. The Balaban J connectivity index is 0.000000180. The van der Waals surface area contributed by atoms with Gasteiger partial charge in [-0.3, -0.25) is 0 Å². The Kier molecular flexibility index (Phi) is 10.5. The summed E-state index contributed by atoms with van der Waals surface area (Å²) in [5, 5.41) is 2.58. The van der Waals surface area contributed by atoms with Crippen molar-refractivity contribution in [1.82, 2.24) is 4.57 Å². The van der Waals surface area contributed by atoms with Gasteiger partial charge in [0.15, 0.2) is 0 Å². The third-order valence-electron chi connectivity index (χ3n) is 10.9. The van der Waals surface area contributed by atoms with E-state index in [0.29, 0.717) is 0 Å². The quantitative estimate of drug-likeness (QED) is 0.150. The van der Waals surface area contributed by atoms with Gasteiger partial charge in [-0.15, -0.1) is 0 Å². The van der Waals surface area contributed by atoms with Crippen LogP contribution in [0.2, 0.25) is 0 Å². The summed E-state index contributed by atoms with van der Waals surface area (Å²) < 4.78 is 2.32. The minimum atomic E-state index is 1.13. The second-order valence-electron chi connectivity index (χ2n) is 14.7. The van der Waals surface area contributed by atoms with Crippen LogP contribution in [0.1, 0.15) is 11.1 Å². The van der Waals surface area contributed by atoms with Crippen LogP contribution in [0.4, 0.5) is 17.1 Å². The summed E-state index contributed by atoms with van der Waals surface area (Å²) in [5.41, 5.74) is 16.8. The average Bonchev–Trinajstić information content (AvgIpc) is 3.65. The highest BCUT2D eigenvalue weighted by atomic mass is 15.1. The van der Waals surface area contributed by atoms with Gasteiger partial charge in [0.2, 0.25) is 0 Å². The number of aryl methyl sites for hydroxylation is 1. The number of para-hydroxylation sites is 3. The number of rotatable bonds is 8. The summed E-state index contributed by atoms with van der Waals surface area (Å²) >= 11 is 0. The molecule has 0 saturated heterocycles. The molecule has 0 atom stereocenters. The first-order valence-corrected chi connectivity index (χ1v) is 20.1. The van der Waals surface area contributed by atoms with E-state index in [9.17, 15) is 0 Å². The maximum Gasteiger partial charge on any atom is 0.0541 e. The molecule has 0 N–H and O–H groups in total. The second kappa shape index (κ2) is 16.8. The Morgan fingerprint density at radius 2 is 0.712 bits per heavy atom. The lowest BCUT2D eigenvalue weighted by atomic mass is 10.00. The fourth-order valence-electron chi connectivity index (χ4n) is 7.82. The average molecular weight is 757 g/mol. The molecule has 2 heteroatoms. The second-order valence-corrected chi connectivity index (χ2v) is 14.7. The van der Waals surface area contributed by atoms with Crippen LogP contribution in [0.15, 0.2) is 237 Å². The standard InChI is InChI=1S/C37H29N.C20H15N/c1-28-12-14-30(15-13-28)33-20-24-36(25-21-33)38(35-10-6-3-7-11-35)37-26-22-34(23-27-37)32-18-16-31(17-19-32)29-8-4-2-5-9-29;1-2-15-11-13-16(14-12-15)21-19-9-5-3-7-17(19)18-8-4-6-10-20(18)21/h2-27H,1H3;2-14H,1H2. The van der Waals surface area contributed by atoms with Crippen LogP contribution in [-0.2, 0) is 0 Å². The van der Waals surface area contributed by atoms with Gasteiger partial charge in [0.05, 0.1) is 11.0 Å². The Morgan fingerprint density at radius 3 is 1.17 bits per heavy atom. The minimum absolute atomic E-state index is 1.13. The van der Waals surface area contributed by atoms with E-state index in [2.05, 4.69) is 253 Å². The van der Waals surface area contributed by atoms with Gasteiger partial charge in [0.1, 0.15) is 0 Å². The van der Waals surface area contributed by atoms with E-state index in [0.717, 1.165) is 22.6 Å². The van der Waals surface area contributed by atoms with E-state index < -0.39 is 0 Å². The Bertz CT molecular complexity index is 2890. The fraction of sp³-hybridized carbons (Fsp3) is 0.0175. The summed E-state index contributed by atoms with van der Waals surface area (Å²) in [7, 11) is 0. The normalized spacial score (nSPS) is 10.9. The monoisotopic (exact) mass is 756 g/mol. The van der Waals surface area contributed by atoms with E-state index in [1.54, 1.807) is 0 Å². The number of hydrogen-bond donors (Lipinski definition) is 0. The van der Waals surface area contributed by atoms with Crippen LogP contribution in [0.5, 0.6) is 0 Å². The molecule has 1 heterocycles. The lowest BCUT2D eigenvalue weighted by Gasteiger charge is -2.26. The van der Waals surface area contributed by atoms with Crippen LogP contribution in [0.3, 0.4) is 0 Å². The van der Waals surface area contributed by atoms with Crippen molar-refractivity contribution in [1.29, 1.82) is 0 Å². The first-order valence-electron chi connectivity index (χ1n) is 20.1. The van der Waals surface area contributed by atoms with Gasteiger partial charge in [0.25, 0.3) is 0 Å². The van der Waals surface area contributed by atoms with Gasteiger partial charge in [0, 0.05) is 33.5 Å². The summed E-state index contributed by atoms with van der Waals surface area (Å²) in [5.74, 6) is 0. The molecule has 59 heavy (non-hydrogen) atoms. The number of benzene rings is 9. The molecule has 0 amide bonds. The zero-order valence-electron chi connectivity index (χ0n) is 33.1. The largest absolute Gasteiger partial charge is 0.311 e. The van der Waals surface area contributed by atoms with Crippen LogP contribution >= 0.6 is 0 Å². The Hall–Kier alpha value is -7.68. The molecular weight excluding hydrogens is 713 g/mol. The highest BCUT2D eigenvalue weighted by Gasteiger charge is 2.14. The summed E-state index contributed by atoms with van der Waals surface area (Å²) in [6.07, 6.45) is 1.87. The lowest BCUT2D eigenvalue weighted by Crippen LogP contribution is -2.09. The van der Waals surface area contributed by atoms with Crippen molar-refractivity contribution in [3.63, 3.8) is 0 Å². The number of nitrogens with zero attached hydrogens (tertiary/aromatic N) is 2. The number of aromatic nitrogens is 1. The third kappa shape index (κ3) is 7.85. The van der Waals surface area contributed by atoms with Crippen LogP contribution in [0.25, 0.3) is 66.9 Å². The molecule has 0 aliphatic rings. The molecule has 0 aliphatic carbocycles. The smallest absolute Gasteiger partial charge is 0.0541 e. The molecule has 2 nitrogen and oxygen atoms in total. The van der Waals surface area contributed by atoms with Crippen molar-refractivity contribution in [2.24, 2.45) is 0 Å². The maximum atomic E-state index is 3.82. The Morgan fingerprint density at radius 1 is 0.356 bits per heavy atom. The van der Waals surface area contributed by atoms with Crippen LogP contribution < -0.4 is 4.90 Å². The highest BCUT2D eigenvalue weighted by molar-refractivity contribution is 6.09. The number of anilines is 3. The number of hydrogen-bond acceptors (Lipinski definition) is 1. The molecule has 282 valence electrons. The summed E-state index contributed by atoms with van der Waals surface area (Å²) in [6, 6.07) is 81.8. The van der Waals surface area contributed by atoms with Crippen molar-refractivity contribution in [3.8, 4) is 39.1 Å². The first-order chi connectivity index (χ1) is 29.1. The van der Waals surface area contributed by atoms with Crippen molar-refractivity contribution >= 4 is 44.9 Å². The topological polar surface area (TPSA) is 8.17 Å². The highest BCUT2D eigenvalue weighted by Crippen LogP contribution is 2.37. The first kappa shape index (κ1) is 36.9. The van der Waals surface area contributed by atoms with Gasteiger partial charge >= 0.3 is 0 Å². The third-order valence-corrected chi connectivity index (χ3v) is 10.9. The zero-order valence-corrected chi connectivity index (χ0v) is 33.1. The van der Waals surface area contributed by atoms with E-state index in [-0.39, 0.29) is 0 Å². The van der Waals surface area contributed by atoms with Crippen molar-refractivity contribution in [3.05, 3.63) is 248 Å². The molecule has 10 aromatic rings. The Labute approximate surface area is 347 Å². The van der Waals surface area contributed by atoms with Crippen LogP contribution in [0, 0.1) is 6.92 Å². The van der Waals surface area contributed by atoms with Gasteiger partial charge in [-0.25, -0.2) is 0 Å². The van der Waals surface area contributed by atoms with Crippen molar-refractivity contribution < 1.29 is 0 Å². The molecule has 10 rings (SSSR count). The van der Waals surface area contributed by atoms with E-state index in [1.165, 1.54) is 66.4 Å². The zero-order chi connectivity index (χ0) is 40.0. The van der Waals surface area contributed by atoms with E-state index in [4.69, 9.17) is 0 Å². The van der Waals surface area contributed by atoms with E-state index in [1.807, 2.05) is 6.08 Å². The lowest BCUT2D eigenvalue weighted by molar-refractivity contribution is 1.18. The SMILES string of the molecule is C=Cc1ccc(-n2c3ccccc3c3ccccc32)cc1.Cc1ccc(-c2ccc(N(c3ccccc3)c3ccc(-c4ccc(-c5ccccc5)cc4)cc3)cc2)cc1. The van der Waals surface area contributed by atoms with Crippen molar-refractivity contribution in [2.75, 3.05) is 4.90 Å². The summed E-state index contributed by atoms with van der Waals surface area (Å²) in [6.45, 7) is 5.94. The predicted octanol–water partition coefficient (Wildman–Crippen LogP) is 15.9. The van der Waals surface area contributed by atoms with Gasteiger partial charge in [-0.05, 0) is 107 Å². The van der Waals surface area contributed by atoms with E-state index >= 15 is 0 Å². The van der Waals surface area contributed by atoms with Gasteiger partial charge in [-0.1, -0.05) is 188 Å². The van der Waals surface area contributed by atoms with Crippen molar-refractivity contribution in [2.45, 2.75) is 6.92 Å². The minimum Gasteiger partial charge on any atom is -0.311 e. The van der Waals surface area contributed by atoms with Gasteiger partial charge < -0.3 is 9.47 Å². The molecule has 0 radical (unpaired) electrons. The molecule has 0 aliphatic heterocycles. The predicted molar refractivity (Wildman–Crippen MR) is 253 cm³/mol. The molecule has 0 spiro atoms. The molecule has 0 fully saturated rings. The van der Waals surface area contributed by atoms with Crippen LogP contribution in [-0.4, -0.2) is 4.57 Å². The molecule has 0 saturated carbocycles.